The Morgan fingerprint density at radius 1 is 1.07 bits per heavy atom. The summed E-state index contributed by atoms with van der Waals surface area (Å²) in [7, 11) is 0. The van der Waals surface area contributed by atoms with E-state index in [4.69, 9.17) is 0 Å². The molecule has 27 heavy (non-hydrogen) atoms. The lowest BCUT2D eigenvalue weighted by Crippen LogP contribution is -2.38. The predicted octanol–water partition coefficient (Wildman–Crippen LogP) is 3.84. The van der Waals surface area contributed by atoms with Crippen LogP contribution in [0.1, 0.15) is 17.5 Å². The number of pyridine rings is 1. The fraction of sp³-hybridized carbons (Fsp3) is 0.368. The third-order valence-corrected chi connectivity index (χ3v) is 4.47. The highest BCUT2D eigenvalue weighted by atomic mass is 19.4. The van der Waals surface area contributed by atoms with Crippen molar-refractivity contribution in [2.45, 2.75) is 19.1 Å². The van der Waals surface area contributed by atoms with Gasteiger partial charge >= 0.3 is 12.2 Å². The molecular weight excluding hydrogens is 357 g/mol. The molecule has 5 nitrogen and oxygen atoms in total. The smallest absolute Gasteiger partial charge is 0.323 e. The molecule has 0 unspecified atom stereocenters. The molecule has 1 aliphatic rings. The molecule has 0 spiro atoms. The molecule has 1 aromatic carbocycles. The molecule has 2 amide bonds. The zero-order valence-electron chi connectivity index (χ0n) is 14.7. The maximum absolute atomic E-state index is 12.6. The van der Waals surface area contributed by atoms with Crippen LogP contribution in [0.15, 0.2) is 48.8 Å². The first-order chi connectivity index (χ1) is 12.9. The number of nitrogens with one attached hydrogen (secondary N) is 1. The molecule has 0 atom stereocenters. The number of aromatic nitrogens is 1. The van der Waals surface area contributed by atoms with Crippen LogP contribution in [0.5, 0.6) is 0 Å². The van der Waals surface area contributed by atoms with Crippen LogP contribution in [0.2, 0.25) is 0 Å². The third-order valence-electron chi connectivity index (χ3n) is 4.47. The number of anilines is 1. The molecule has 2 aromatic rings. The van der Waals surface area contributed by atoms with Crippen molar-refractivity contribution >= 4 is 11.7 Å². The molecule has 1 aromatic heterocycles. The van der Waals surface area contributed by atoms with Crippen LogP contribution in [0, 0.1) is 0 Å². The first-order valence-corrected chi connectivity index (χ1v) is 8.76. The second-order valence-electron chi connectivity index (χ2n) is 6.48. The lowest BCUT2D eigenvalue weighted by molar-refractivity contribution is -0.137. The lowest BCUT2D eigenvalue weighted by atomic mass is 10.2. The molecule has 1 saturated heterocycles. The Morgan fingerprint density at radius 2 is 1.85 bits per heavy atom. The normalized spacial score (nSPS) is 16.0. The molecule has 8 heteroatoms. The van der Waals surface area contributed by atoms with Gasteiger partial charge in [-0.1, -0.05) is 6.07 Å². The summed E-state index contributed by atoms with van der Waals surface area (Å²) in [6.45, 7) is 3.55. The number of hydrogen-bond acceptors (Lipinski definition) is 3. The number of alkyl halides is 3. The van der Waals surface area contributed by atoms with Crippen LogP contribution in [0.3, 0.4) is 0 Å². The van der Waals surface area contributed by atoms with Crippen LogP contribution >= 0.6 is 0 Å². The summed E-state index contributed by atoms with van der Waals surface area (Å²) in [6.07, 6.45) is 0.0188. The van der Waals surface area contributed by atoms with Crippen molar-refractivity contribution in [2.75, 3.05) is 31.5 Å². The molecular formula is C19H21F3N4O. The largest absolute Gasteiger partial charge is 0.416 e. The molecule has 1 N–H and O–H groups in total. The van der Waals surface area contributed by atoms with Crippen molar-refractivity contribution in [1.29, 1.82) is 0 Å². The van der Waals surface area contributed by atoms with Crippen LogP contribution in [-0.2, 0) is 12.7 Å². The van der Waals surface area contributed by atoms with Gasteiger partial charge in [0, 0.05) is 50.8 Å². The molecule has 2 heterocycles. The number of rotatable bonds is 3. The summed E-state index contributed by atoms with van der Waals surface area (Å²) in [5, 5.41) is 2.67. The minimum Gasteiger partial charge on any atom is -0.323 e. The Balaban J connectivity index is 1.53. The van der Waals surface area contributed by atoms with Gasteiger partial charge in [-0.2, -0.15) is 13.2 Å². The van der Waals surface area contributed by atoms with Crippen molar-refractivity contribution in [3.63, 3.8) is 0 Å². The Bertz CT molecular complexity index is 750. The average Bonchev–Trinajstić information content (AvgIpc) is 2.88. The van der Waals surface area contributed by atoms with Crippen molar-refractivity contribution in [2.24, 2.45) is 0 Å². The molecule has 0 saturated carbocycles. The predicted molar refractivity (Wildman–Crippen MR) is 96.2 cm³/mol. The maximum Gasteiger partial charge on any atom is 0.416 e. The summed E-state index contributed by atoms with van der Waals surface area (Å²) in [5.41, 5.74) is 0.742. The highest BCUT2D eigenvalue weighted by molar-refractivity contribution is 5.89. The molecule has 0 aliphatic carbocycles. The van der Waals surface area contributed by atoms with E-state index in [1.807, 2.05) is 18.3 Å². The number of halogens is 3. The number of nitrogens with zero attached hydrogens (tertiary/aromatic N) is 3. The van der Waals surface area contributed by atoms with E-state index in [9.17, 15) is 18.0 Å². The second kappa shape index (κ2) is 8.39. The molecule has 3 rings (SSSR count). The first-order valence-electron chi connectivity index (χ1n) is 8.76. The SMILES string of the molecule is O=C(Nc1ccc(C(F)(F)F)cc1)N1CCCN(Cc2cccnc2)CC1. The van der Waals surface area contributed by atoms with Gasteiger partial charge in [-0.25, -0.2) is 4.79 Å². The Hall–Kier alpha value is -2.61. The Kier molecular flexibility index (Phi) is 5.95. The zero-order valence-corrected chi connectivity index (χ0v) is 14.7. The second-order valence-corrected chi connectivity index (χ2v) is 6.48. The van der Waals surface area contributed by atoms with Crippen molar-refractivity contribution in [3.05, 3.63) is 59.9 Å². The number of amides is 2. The monoisotopic (exact) mass is 378 g/mol. The summed E-state index contributed by atoms with van der Waals surface area (Å²) in [5.74, 6) is 0. The fourth-order valence-corrected chi connectivity index (χ4v) is 3.03. The van der Waals surface area contributed by atoms with Gasteiger partial charge in [0.2, 0.25) is 0 Å². The molecule has 1 aliphatic heterocycles. The first kappa shape index (κ1) is 19.2. The van der Waals surface area contributed by atoms with Gasteiger partial charge in [-0.3, -0.25) is 9.88 Å². The Labute approximate surface area is 155 Å². The van der Waals surface area contributed by atoms with E-state index < -0.39 is 11.7 Å². The summed E-state index contributed by atoms with van der Waals surface area (Å²) < 4.78 is 37.8. The molecule has 144 valence electrons. The third kappa shape index (κ3) is 5.43. The van der Waals surface area contributed by atoms with Crippen molar-refractivity contribution in [3.8, 4) is 0 Å². The van der Waals surface area contributed by atoms with E-state index in [-0.39, 0.29) is 6.03 Å². The van der Waals surface area contributed by atoms with Gasteiger partial charge in [-0.15, -0.1) is 0 Å². The van der Waals surface area contributed by atoms with Crippen molar-refractivity contribution in [1.82, 2.24) is 14.8 Å². The van der Waals surface area contributed by atoms with Crippen molar-refractivity contribution < 1.29 is 18.0 Å². The van der Waals surface area contributed by atoms with Gasteiger partial charge in [0.25, 0.3) is 0 Å². The van der Waals surface area contributed by atoms with Crippen LogP contribution < -0.4 is 5.32 Å². The molecule has 1 fully saturated rings. The highest BCUT2D eigenvalue weighted by Crippen LogP contribution is 2.29. The topological polar surface area (TPSA) is 48.5 Å². The fourth-order valence-electron chi connectivity index (χ4n) is 3.03. The minimum absolute atomic E-state index is 0.294. The van der Waals surface area contributed by atoms with E-state index in [2.05, 4.69) is 15.2 Å². The summed E-state index contributed by atoms with van der Waals surface area (Å²) in [6, 6.07) is 8.10. The molecule has 0 radical (unpaired) electrons. The Morgan fingerprint density at radius 3 is 2.52 bits per heavy atom. The number of carbonyl (C=O) groups excluding carboxylic acids is 1. The minimum atomic E-state index is -4.38. The zero-order chi connectivity index (χ0) is 19.3. The summed E-state index contributed by atoms with van der Waals surface area (Å²) in [4.78, 5) is 20.5. The van der Waals surface area contributed by atoms with E-state index in [1.54, 1.807) is 11.1 Å². The maximum atomic E-state index is 12.6. The van der Waals surface area contributed by atoms with E-state index in [0.29, 0.717) is 18.8 Å². The van der Waals surface area contributed by atoms with Gasteiger partial charge in [-0.05, 0) is 42.3 Å². The number of carbonyl (C=O) groups is 1. The average molecular weight is 378 g/mol. The van der Waals surface area contributed by atoms with Gasteiger partial charge in [0.05, 0.1) is 5.56 Å². The van der Waals surface area contributed by atoms with Crippen LogP contribution in [0.25, 0.3) is 0 Å². The highest BCUT2D eigenvalue weighted by Gasteiger charge is 2.30. The quantitative estimate of drug-likeness (QED) is 0.883. The van der Waals surface area contributed by atoms with E-state index in [0.717, 1.165) is 43.8 Å². The van der Waals surface area contributed by atoms with E-state index in [1.165, 1.54) is 12.1 Å². The number of hydrogen-bond donors (Lipinski definition) is 1. The standard InChI is InChI=1S/C19H21F3N4O/c20-19(21,22)16-4-6-17(7-5-16)24-18(27)26-10-2-9-25(11-12-26)14-15-3-1-8-23-13-15/h1,3-8,13H,2,9-12,14H2,(H,24,27). The van der Waals surface area contributed by atoms with Crippen LogP contribution in [-0.4, -0.2) is 47.0 Å². The number of benzene rings is 1. The lowest BCUT2D eigenvalue weighted by Gasteiger charge is -2.22. The van der Waals surface area contributed by atoms with Gasteiger partial charge in [0.15, 0.2) is 0 Å². The molecule has 0 bridgehead atoms. The van der Waals surface area contributed by atoms with E-state index >= 15 is 0 Å². The number of urea groups is 1. The van der Waals surface area contributed by atoms with Gasteiger partial charge in [0.1, 0.15) is 0 Å². The van der Waals surface area contributed by atoms with Gasteiger partial charge < -0.3 is 10.2 Å². The van der Waals surface area contributed by atoms with Crippen LogP contribution in [0.4, 0.5) is 23.7 Å². The summed E-state index contributed by atoms with van der Waals surface area (Å²) >= 11 is 0.